The lowest BCUT2D eigenvalue weighted by Crippen LogP contribution is -2.41. The van der Waals surface area contributed by atoms with Crippen molar-refractivity contribution < 1.29 is 5.11 Å². The monoisotopic (exact) mass is 233 g/mol. The van der Waals surface area contributed by atoms with Gasteiger partial charge in [-0.1, -0.05) is 44.2 Å². The summed E-state index contributed by atoms with van der Waals surface area (Å²) in [5.74, 6) is 0.649. The SMILES string of the molecule is CC(C)CN1CCC(O)(c2ccccc2)C1C. The zero-order chi connectivity index (χ0) is 12.5. The molecule has 94 valence electrons. The van der Waals surface area contributed by atoms with Crippen LogP contribution in [0.4, 0.5) is 0 Å². The van der Waals surface area contributed by atoms with Crippen molar-refractivity contribution in [3.05, 3.63) is 35.9 Å². The van der Waals surface area contributed by atoms with Gasteiger partial charge in [-0.2, -0.15) is 0 Å². The Kier molecular flexibility index (Phi) is 3.55. The van der Waals surface area contributed by atoms with Gasteiger partial charge in [0, 0.05) is 19.1 Å². The number of likely N-dealkylation sites (tertiary alicyclic amines) is 1. The average molecular weight is 233 g/mol. The smallest absolute Gasteiger partial charge is 0.106 e. The fourth-order valence-electron chi connectivity index (χ4n) is 2.85. The van der Waals surface area contributed by atoms with Gasteiger partial charge < -0.3 is 5.11 Å². The molecule has 1 aliphatic heterocycles. The van der Waals surface area contributed by atoms with Crippen molar-refractivity contribution >= 4 is 0 Å². The summed E-state index contributed by atoms with van der Waals surface area (Å²) in [7, 11) is 0. The van der Waals surface area contributed by atoms with Gasteiger partial charge in [-0.25, -0.2) is 0 Å². The lowest BCUT2D eigenvalue weighted by atomic mass is 9.87. The fraction of sp³-hybridized carbons (Fsp3) is 0.600. The highest BCUT2D eigenvalue weighted by Gasteiger charge is 2.44. The number of hydrogen-bond donors (Lipinski definition) is 1. The molecule has 0 saturated carbocycles. The molecule has 2 unspecified atom stereocenters. The van der Waals surface area contributed by atoms with Crippen LogP contribution in [0.5, 0.6) is 0 Å². The number of aliphatic hydroxyl groups is 1. The van der Waals surface area contributed by atoms with Crippen molar-refractivity contribution in [2.45, 2.75) is 38.8 Å². The molecule has 1 N–H and O–H groups in total. The maximum Gasteiger partial charge on any atom is 0.106 e. The highest BCUT2D eigenvalue weighted by Crippen LogP contribution is 2.37. The first-order valence-electron chi connectivity index (χ1n) is 6.56. The molecule has 2 heteroatoms. The minimum atomic E-state index is -0.670. The van der Waals surface area contributed by atoms with Crippen molar-refractivity contribution in [2.75, 3.05) is 13.1 Å². The number of rotatable bonds is 3. The third kappa shape index (κ3) is 2.38. The van der Waals surface area contributed by atoms with Crippen molar-refractivity contribution in [2.24, 2.45) is 5.92 Å². The quantitative estimate of drug-likeness (QED) is 0.867. The minimum Gasteiger partial charge on any atom is -0.383 e. The van der Waals surface area contributed by atoms with Crippen LogP contribution in [0.15, 0.2) is 30.3 Å². The van der Waals surface area contributed by atoms with E-state index in [9.17, 15) is 5.11 Å². The standard InChI is InChI=1S/C15H23NO/c1-12(2)11-16-10-9-15(17,13(16)3)14-7-5-4-6-8-14/h4-8,12-13,17H,9-11H2,1-3H3. The van der Waals surface area contributed by atoms with Gasteiger partial charge in [0.05, 0.1) is 0 Å². The molecule has 2 atom stereocenters. The van der Waals surface area contributed by atoms with Gasteiger partial charge in [-0.3, -0.25) is 4.90 Å². The topological polar surface area (TPSA) is 23.5 Å². The third-order valence-electron chi connectivity index (χ3n) is 3.89. The molecule has 0 radical (unpaired) electrons. The van der Waals surface area contributed by atoms with Gasteiger partial charge >= 0.3 is 0 Å². The molecule has 2 nitrogen and oxygen atoms in total. The molecule has 2 rings (SSSR count). The van der Waals surface area contributed by atoms with E-state index in [0.29, 0.717) is 5.92 Å². The van der Waals surface area contributed by atoms with E-state index in [1.165, 1.54) is 0 Å². The molecule has 0 amide bonds. The summed E-state index contributed by atoms with van der Waals surface area (Å²) >= 11 is 0. The molecule has 17 heavy (non-hydrogen) atoms. The normalized spacial score (nSPS) is 30.1. The number of hydrogen-bond acceptors (Lipinski definition) is 2. The molecule has 0 bridgehead atoms. The van der Waals surface area contributed by atoms with Gasteiger partial charge in [0.2, 0.25) is 0 Å². The van der Waals surface area contributed by atoms with E-state index < -0.39 is 5.60 Å². The predicted octanol–water partition coefficient (Wildman–Crippen LogP) is 2.62. The maximum absolute atomic E-state index is 10.9. The Hall–Kier alpha value is -0.860. The highest BCUT2D eigenvalue weighted by molar-refractivity contribution is 5.25. The first-order valence-corrected chi connectivity index (χ1v) is 6.56. The fourth-order valence-corrected chi connectivity index (χ4v) is 2.85. The first kappa shape index (κ1) is 12.6. The van der Waals surface area contributed by atoms with Crippen molar-refractivity contribution in [3.63, 3.8) is 0 Å². The van der Waals surface area contributed by atoms with Crippen LogP contribution in [0.2, 0.25) is 0 Å². The van der Waals surface area contributed by atoms with Crippen LogP contribution >= 0.6 is 0 Å². The molecule has 1 fully saturated rings. The Morgan fingerprint density at radius 1 is 1.35 bits per heavy atom. The Balaban J connectivity index is 2.18. The van der Waals surface area contributed by atoms with Crippen LogP contribution in [-0.2, 0) is 5.60 Å². The average Bonchev–Trinajstić information content (AvgIpc) is 2.59. The summed E-state index contributed by atoms with van der Waals surface area (Å²) in [6, 6.07) is 10.3. The zero-order valence-corrected chi connectivity index (χ0v) is 11.1. The third-order valence-corrected chi connectivity index (χ3v) is 3.89. The molecule has 0 aromatic heterocycles. The molecule has 0 aliphatic carbocycles. The summed E-state index contributed by atoms with van der Waals surface area (Å²) in [4.78, 5) is 2.40. The van der Waals surface area contributed by atoms with Crippen molar-refractivity contribution in [1.29, 1.82) is 0 Å². The maximum atomic E-state index is 10.9. The summed E-state index contributed by atoms with van der Waals surface area (Å²) in [5, 5.41) is 10.9. The Morgan fingerprint density at radius 3 is 2.59 bits per heavy atom. The van der Waals surface area contributed by atoms with E-state index in [1.807, 2.05) is 30.3 Å². The summed E-state index contributed by atoms with van der Waals surface area (Å²) in [5.41, 5.74) is 0.384. The van der Waals surface area contributed by atoms with Gasteiger partial charge in [-0.15, -0.1) is 0 Å². The summed E-state index contributed by atoms with van der Waals surface area (Å²) in [6.45, 7) is 8.66. The second kappa shape index (κ2) is 4.79. The van der Waals surface area contributed by atoms with Crippen molar-refractivity contribution in [1.82, 2.24) is 4.90 Å². The molecule has 1 heterocycles. The predicted molar refractivity (Wildman–Crippen MR) is 70.8 cm³/mol. The van der Waals surface area contributed by atoms with Gasteiger partial charge in [0.25, 0.3) is 0 Å². The molecule has 0 spiro atoms. The first-order chi connectivity index (χ1) is 8.04. The van der Waals surface area contributed by atoms with E-state index in [4.69, 9.17) is 0 Å². The Labute approximate surface area is 104 Å². The van der Waals surface area contributed by atoms with Crippen LogP contribution < -0.4 is 0 Å². The lowest BCUT2D eigenvalue weighted by molar-refractivity contribution is 0.00439. The van der Waals surface area contributed by atoms with Crippen LogP contribution in [-0.4, -0.2) is 29.1 Å². The van der Waals surface area contributed by atoms with Gasteiger partial charge in [-0.05, 0) is 24.8 Å². The minimum absolute atomic E-state index is 0.201. The Bertz CT molecular complexity index is 362. The zero-order valence-electron chi connectivity index (χ0n) is 11.1. The molecule has 1 aromatic rings. The summed E-state index contributed by atoms with van der Waals surface area (Å²) < 4.78 is 0. The van der Waals surface area contributed by atoms with Crippen LogP contribution in [0.1, 0.15) is 32.8 Å². The van der Waals surface area contributed by atoms with E-state index in [2.05, 4.69) is 25.7 Å². The van der Waals surface area contributed by atoms with Crippen LogP contribution in [0.25, 0.3) is 0 Å². The molecule has 1 saturated heterocycles. The van der Waals surface area contributed by atoms with Gasteiger partial charge in [0.1, 0.15) is 5.60 Å². The van der Waals surface area contributed by atoms with E-state index in [0.717, 1.165) is 25.1 Å². The molecule has 1 aromatic carbocycles. The largest absolute Gasteiger partial charge is 0.383 e. The van der Waals surface area contributed by atoms with Crippen LogP contribution in [0.3, 0.4) is 0 Å². The van der Waals surface area contributed by atoms with E-state index in [1.54, 1.807) is 0 Å². The van der Waals surface area contributed by atoms with Gasteiger partial charge in [0.15, 0.2) is 0 Å². The van der Waals surface area contributed by atoms with E-state index >= 15 is 0 Å². The summed E-state index contributed by atoms with van der Waals surface area (Å²) in [6.07, 6.45) is 0.838. The second-order valence-electron chi connectivity index (χ2n) is 5.61. The van der Waals surface area contributed by atoms with E-state index in [-0.39, 0.29) is 6.04 Å². The number of benzene rings is 1. The lowest BCUT2D eigenvalue weighted by Gasteiger charge is -2.32. The van der Waals surface area contributed by atoms with Crippen molar-refractivity contribution in [3.8, 4) is 0 Å². The highest BCUT2D eigenvalue weighted by atomic mass is 16.3. The Morgan fingerprint density at radius 2 is 2.00 bits per heavy atom. The number of nitrogens with zero attached hydrogens (tertiary/aromatic N) is 1. The van der Waals surface area contributed by atoms with Crippen LogP contribution in [0, 0.1) is 5.92 Å². The molecule has 1 aliphatic rings. The molecular formula is C15H23NO. The molecular weight excluding hydrogens is 210 g/mol. The second-order valence-corrected chi connectivity index (χ2v) is 5.61.